The van der Waals surface area contributed by atoms with E-state index in [2.05, 4.69) is 10.1 Å². The Hall–Kier alpha value is -2.95. The highest BCUT2D eigenvalue weighted by molar-refractivity contribution is 5.70. The van der Waals surface area contributed by atoms with Gasteiger partial charge >= 0.3 is 5.97 Å². The molecule has 0 aliphatic heterocycles. The summed E-state index contributed by atoms with van der Waals surface area (Å²) in [5.74, 6) is -0.224. The molecule has 26 heavy (non-hydrogen) atoms. The minimum absolute atomic E-state index is 0.224. The van der Waals surface area contributed by atoms with E-state index in [1.54, 1.807) is 12.4 Å². The van der Waals surface area contributed by atoms with Crippen LogP contribution in [0.3, 0.4) is 0 Å². The highest BCUT2D eigenvalue weighted by atomic mass is 16.5. The third kappa shape index (κ3) is 3.99. The molecule has 0 aliphatic carbocycles. The number of nitrogens with zero attached hydrogens (tertiary/aromatic N) is 3. The smallest absolute Gasteiger partial charge is 0.307 e. The molecule has 0 amide bonds. The van der Waals surface area contributed by atoms with Gasteiger partial charge < -0.3 is 4.74 Å². The van der Waals surface area contributed by atoms with Gasteiger partial charge in [0.15, 0.2) is 6.10 Å². The molecule has 2 heterocycles. The first-order chi connectivity index (χ1) is 12.6. The average molecular weight is 349 g/mol. The summed E-state index contributed by atoms with van der Waals surface area (Å²) in [6.45, 7) is 3.99. The van der Waals surface area contributed by atoms with E-state index in [1.807, 2.05) is 68.0 Å². The van der Waals surface area contributed by atoms with Crippen LogP contribution >= 0.6 is 0 Å². The van der Waals surface area contributed by atoms with E-state index < -0.39 is 6.10 Å². The van der Waals surface area contributed by atoms with E-state index in [0.29, 0.717) is 12.8 Å². The molecular weight excluding hydrogens is 326 g/mol. The fourth-order valence-electron chi connectivity index (χ4n) is 3.09. The Kier molecular flexibility index (Phi) is 5.46. The monoisotopic (exact) mass is 349 g/mol. The number of esters is 1. The molecule has 3 aromatic rings. The largest absolute Gasteiger partial charge is 0.453 e. The van der Waals surface area contributed by atoms with Crippen molar-refractivity contribution in [3.8, 4) is 0 Å². The second kappa shape index (κ2) is 7.95. The summed E-state index contributed by atoms with van der Waals surface area (Å²) >= 11 is 0. The van der Waals surface area contributed by atoms with Crippen LogP contribution in [0.4, 0.5) is 0 Å². The van der Waals surface area contributed by atoms with Crippen molar-refractivity contribution in [2.45, 2.75) is 32.8 Å². The molecule has 0 saturated heterocycles. The topological polar surface area (TPSA) is 57.0 Å². The number of hydrogen-bond acceptors (Lipinski definition) is 4. The molecule has 0 spiro atoms. The number of carbonyl (C=O) groups excluding carboxylic acids is 1. The van der Waals surface area contributed by atoms with E-state index >= 15 is 0 Å². The minimum atomic E-state index is -0.428. The van der Waals surface area contributed by atoms with Crippen molar-refractivity contribution >= 4 is 5.97 Å². The Balaban J connectivity index is 1.74. The van der Waals surface area contributed by atoms with Crippen molar-refractivity contribution < 1.29 is 9.53 Å². The molecule has 0 fully saturated rings. The van der Waals surface area contributed by atoms with Gasteiger partial charge in [-0.25, -0.2) is 0 Å². The molecule has 5 heteroatoms. The SMILES string of the molecule is Cc1nn(C)c(C)c1CCC(=O)OC(c1ccccc1)c1ccncc1. The zero-order valence-corrected chi connectivity index (χ0v) is 15.3. The van der Waals surface area contributed by atoms with E-state index in [9.17, 15) is 4.79 Å². The number of aromatic nitrogens is 3. The van der Waals surface area contributed by atoms with Gasteiger partial charge in [0, 0.05) is 37.1 Å². The van der Waals surface area contributed by atoms with Gasteiger partial charge in [0.2, 0.25) is 0 Å². The predicted octanol–water partition coefficient (Wildman–Crippen LogP) is 3.70. The van der Waals surface area contributed by atoms with Crippen LogP contribution in [0.1, 0.15) is 40.6 Å². The molecule has 1 unspecified atom stereocenters. The first-order valence-electron chi connectivity index (χ1n) is 8.69. The molecule has 3 rings (SSSR count). The molecule has 134 valence electrons. The van der Waals surface area contributed by atoms with Crippen LogP contribution in [-0.4, -0.2) is 20.7 Å². The van der Waals surface area contributed by atoms with Gasteiger partial charge in [0.1, 0.15) is 0 Å². The van der Waals surface area contributed by atoms with Gasteiger partial charge in [-0.2, -0.15) is 5.10 Å². The number of aryl methyl sites for hydroxylation is 2. The first kappa shape index (κ1) is 17.9. The van der Waals surface area contributed by atoms with Crippen molar-refractivity contribution in [3.63, 3.8) is 0 Å². The Morgan fingerprint density at radius 3 is 2.35 bits per heavy atom. The lowest BCUT2D eigenvalue weighted by Gasteiger charge is -2.18. The molecule has 2 aromatic heterocycles. The quantitative estimate of drug-likeness (QED) is 0.637. The van der Waals surface area contributed by atoms with Gasteiger partial charge in [-0.1, -0.05) is 30.3 Å². The maximum atomic E-state index is 12.5. The van der Waals surface area contributed by atoms with E-state index in [0.717, 1.165) is 28.1 Å². The molecule has 5 nitrogen and oxygen atoms in total. The summed E-state index contributed by atoms with van der Waals surface area (Å²) in [7, 11) is 1.92. The second-order valence-corrected chi connectivity index (χ2v) is 6.33. The number of benzene rings is 1. The standard InChI is InChI=1S/C21H23N3O2/c1-15-19(16(2)24(3)23-15)9-10-20(25)26-21(17-7-5-4-6-8-17)18-11-13-22-14-12-18/h4-8,11-14,21H,9-10H2,1-3H3. The van der Waals surface area contributed by atoms with Crippen LogP contribution in [0.15, 0.2) is 54.9 Å². The van der Waals surface area contributed by atoms with Crippen LogP contribution in [-0.2, 0) is 23.0 Å². The fourth-order valence-corrected chi connectivity index (χ4v) is 3.09. The van der Waals surface area contributed by atoms with Crippen molar-refractivity contribution in [3.05, 3.63) is 82.9 Å². The fraction of sp³-hybridized carbons (Fsp3) is 0.286. The molecule has 0 aliphatic rings. The number of pyridine rings is 1. The predicted molar refractivity (Wildman–Crippen MR) is 99.6 cm³/mol. The average Bonchev–Trinajstić information content (AvgIpc) is 2.91. The zero-order chi connectivity index (χ0) is 18.5. The van der Waals surface area contributed by atoms with Gasteiger partial charge in [-0.3, -0.25) is 14.5 Å². The Bertz CT molecular complexity index is 834. The Morgan fingerprint density at radius 1 is 1.08 bits per heavy atom. The highest BCUT2D eigenvalue weighted by Crippen LogP contribution is 2.26. The van der Waals surface area contributed by atoms with Crippen molar-refractivity contribution in [1.29, 1.82) is 0 Å². The van der Waals surface area contributed by atoms with Crippen LogP contribution in [0, 0.1) is 13.8 Å². The highest BCUT2D eigenvalue weighted by Gasteiger charge is 2.20. The number of rotatable bonds is 6. The number of ether oxygens (including phenoxy) is 1. The molecule has 1 atom stereocenters. The minimum Gasteiger partial charge on any atom is -0.453 e. The summed E-state index contributed by atoms with van der Waals surface area (Å²) in [4.78, 5) is 16.6. The van der Waals surface area contributed by atoms with E-state index in [-0.39, 0.29) is 5.97 Å². The van der Waals surface area contributed by atoms with Crippen LogP contribution < -0.4 is 0 Å². The van der Waals surface area contributed by atoms with E-state index in [4.69, 9.17) is 4.74 Å². The maximum Gasteiger partial charge on any atom is 0.307 e. The summed E-state index contributed by atoms with van der Waals surface area (Å²) in [6, 6.07) is 13.5. The lowest BCUT2D eigenvalue weighted by atomic mass is 10.0. The van der Waals surface area contributed by atoms with Crippen molar-refractivity contribution in [2.75, 3.05) is 0 Å². The summed E-state index contributed by atoms with van der Waals surface area (Å²) < 4.78 is 7.68. The molecule has 1 aromatic carbocycles. The van der Waals surface area contributed by atoms with Crippen LogP contribution in [0.2, 0.25) is 0 Å². The number of hydrogen-bond donors (Lipinski definition) is 0. The zero-order valence-electron chi connectivity index (χ0n) is 15.3. The third-order valence-corrected chi connectivity index (χ3v) is 4.60. The van der Waals surface area contributed by atoms with Gasteiger partial charge in [0.05, 0.1) is 5.69 Å². The molecule has 0 radical (unpaired) electrons. The number of carbonyl (C=O) groups is 1. The van der Waals surface area contributed by atoms with Crippen molar-refractivity contribution in [2.24, 2.45) is 7.05 Å². The lowest BCUT2D eigenvalue weighted by Crippen LogP contribution is -2.13. The Labute approximate surface area is 153 Å². The Morgan fingerprint density at radius 2 is 1.73 bits per heavy atom. The summed E-state index contributed by atoms with van der Waals surface area (Å²) in [5.41, 5.74) is 5.02. The van der Waals surface area contributed by atoms with Crippen LogP contribution in [0.25, 0.3) is 0 Å². The normalized spacial score (nSPS) is 12.0. The van der Waals surface area contributed by atoms with Gasteiger partial charge in [0.25, 0.3) is 0 Å². The summed E-state index contributed by atoms with van der Waals surface area (Å²) in [5, 5.41) is 4.40. The molecule has 0 saturated carbocycles. The molecule has 0 N–H and O–H groups in total. The van der Waals surface area contributed by atoms with Crippen molar-refractivity contribution in [1.82, 2.24) is 14.8 Å². The van der Waals surface area contributed by atoms with E-state index in [1.165, 1.54) is 0 Å². The summed E-state index contributed by atoms with van der Waals surface area (Å²) in [6.07, 6.45) is 3.94. The second-order valence-electron chi connectivity index (χ2n) is 6.33. The molecule has 0 bridgehead atoms. The first-order valence-corrected chi connectivity index (χ1v) is 8.69. The van der Waals surface area contributed by atoms with Gasteiger partial charge in [-0.05, 0) is 43.5 Å². The molecular formula is C21H23N3O2. The maximum absolute atomic E-state index is 12.5. The lowest BCUT2D eigenvalue weighted by molar-refractivity contribution is -0.147. The third-order valence-electron chi connectivity index (χ3n) is 4.60. The van der Waals surface area contributed by atoms with Gasteiger partial charge in [-0.15, -0.1) is 0 Å². The van der Waals surface area contributed by atoms with Crippen LogP contribution in [0.5, 0.6) is 0 Å².